The molecule has 0 saturated heterocycles. The zero-order chi connectivity index (χ0) is 29.4. The first-order chi connectivity index (χ1) is 19.1. The fraction of sp³-hybridized carbons (Fsp3) is 0.517. The van der Waals surface area contributed by atoms with Crippen LogP contribution in [0.2, 0.25) is 0 Å². The number of fused-ring (bicyclic) bond motifs is 1. The predicted molar refractivity (Wildman–Crippen MR) is 152 cm³/mol. The molecule has 2 aromatic heterocycles. The number of aliphatic hydroxyl groups is 1. The summed E-state index contributed by atoms with van der Waals surface area (Å²) in [6.45, 7) is 3.85. The molecular weight excluding hydrogens is 519 g/mol. The maximum atomic E-state index is 13.4. The molecule has 2 heterocycles. The molecule has 2 fully saturated rings. The van der Waals surface area contributed by atoms with Gasteiger partial charge >= 0.3 is 6.18 Å². The Morgan fingerprint density at radius 1 is 1.18 bits per heavy atom. The molecule has 8 nitrogen and oxygen atoms in total. The number of hydrogen-bond donors (Lipinski definition) is 5. The Balaban J connectivity index is 0.000000481. The van der Waals surface area contributed by atoms with Crippen LogP contribution in [0.25, 0.3) is 22.2 Å². The van der Waals surface area contributed by atoms with Gasteiger partial charge in [0.15, 0.2) is 0 Å². The van der Waals surface area contributed by atoms with E-state index in [9.17, 15) is 13.2 Å². The summed E-state index contributed by atoms with van der Waals surface area (Å²) in [6.07, 6.45) is 4.20. The summed E-state index contributed by atoms with van der Waals surface area (Å²) in [4.78, 5) is 5.14. The maximum absolute atomic E-state index is 13.4. The summed E-state index contributed by atoms with van der Waals surface area (Å²) >= 11 is 0. The van der Waals surface area contributed by atoms with E-state index in [1.165, 1.54) is 17.7 Å². The van der Waals surface area contributed by atoms with Crippen molar-refractivity contribution < 1.29 is 18.3 Å². The second kappa shape index (κ2) is 13.8. The van der Waals surface area contributed by atoms with Crippen molar-refractivity contribution in [1.82, 2.24) is 20.1 Å². The topological polar surface area (TPSA) is 139 Å². The lowest BCUT2D eigenvalue weighted by Gasteiger charge is -2.36. The summed E-state index contributed by atoms with van der Waals surface area (Å²) < 4.78 is 40.2. The number of aromatic nitrogens is 3. The summed E-state index contributed by atoms with van der Waals surface area (Å²) in [6, 6.07) is 8.40. The molecule has 218 valence electrons. The Morgan fingerprint density at radius 3 is 2.35 bits per heavy atom. The zero-order valence-corrected chi connectivity index (χ0v) is 23.4. The van der Waals surface area contributed by atoms with Gasteiger partial charge in [0.25, 0.3) is 0 Å². The molecule has 1 atom stereocenters. The van der Waals surface area contributed by atoms with Crippen molar-refractivity contribution in [3.8, 4) is 11.3 Å². The Labute approximate surface area is 233 Å². The number of aromatic amines is 1. The molecular formula is C29H40F3N7O. The number of benzene rings is 1. The molecule has 1 unspecified atom stereocenters. The Bertz CT molecular complexity index is 1280. The first kappa shape index (κ1) is 31.2. The Hall–Kier alpha value is -3.31. The van der Waals surface area contributed by atoms with Gasteiger partial charge in [0.2, 0.25) is 0 Å². The molecule has 5 rings (SSSR count). The molecule has 0 aliphatic heterocycles. The van der Waals surface area contributed by atoms with E-state index in [2.05, 4.69) is 15.2 Å². The van der Waals surface area contributed by atoms with Crippen LogP contribution in [0, 0.1) is 16.7 Å². The molecule has 2 aliphatic carbocycles. The molecule has 0 bridgehead atoms. The van der Waals surface area contributed by atoms with E-state index < -0.39 is 11.9 Å². The Morgan fingerprint density at radius 2 is 1.85 bits per heavy atom. The molecule has 3 aromatic rings. The van der Waals surface area contributed by atoms with Crippen molar-refractivity contribution >= 4 is 23.1 Å². The van der Waals surface area contributed by atoms with Crippen LogP contribution < -0.4 is 5.73 Å². The fourth-order valence-electron chi connectivity index (χ4n) is 5.09. The van der Waals surface area contributed by atoms with Gasteiger partial charge in [-0.05, 0) is 49.3 Å². The highest BCUT2D eigenvalue weighted by Gasteiger charge is 2.35. The number of rotatable bonds is 6. The standard InChI is InChI=1S/C22H24F3N7.C5H10O.C2H6/c1-32(11-27)21(28)18(12-4-2-5-12)13-6-3-7-14(8-13)19-15-9-17(22(23,24)25)29-16(10-26)20(15)31-30-19;6-5-3-1-2-4-5;1-2/h3,6-9,11-12,18,27-28H,2,4-5,10,26H2,1H3,(H,30,31);5-6H,1-4H2;1-2H3. The van der Waals surface area contributed by atoms with Crippen LogP contribution in [0.5, 0.6) is 0 Å². The van der Waals surface area contributed by atoms with Gasteiger partial charge in [-0.2, -0.15) is 18.3 Å². The number of hydrogen-bond acceptors (Lipinski definition) is 6. The van der Waals surface area contributed by atoms with Crippen LogP contribution in [0.3, 0.4) is 0 Å². The highest BCUT2D eigenvalue weighted by Crippen LogP contribution is 2.42. The van der Waals surface area contributed by atoms with Gasteiger partial charge < -0.3 is 15.7 Å². The van der Waals surface area contributed by atoms with E-state index in [-0.39, 0.29) is 24.3 Å². The number of nitrogens with one attached hydrogen (secondary N) is 3. The highest BCUT2D eigenvalue weighted by atomic mass is 19.4. The first-order valence-electron chi connectivity index (χ1n) is 13.9. The molecule has 1 aromatic carbocycles. The normalized spacial score (nSPS) is 16.3. The van der Waals surface area contributed by atoms with Crippen molar-refractivity contribution in [2.45, 2.75) is 83.5 Å². The lowest BCUT2D eigenvalue weighted by molar-refractivity contribution is -0.141. The van der Waals surface area contributed by atoms with E-state index in [0.29, 0.717) is 33.9 Å². The largest absolute Gasteiger partial charge is 0.433 e. The fourth-order valence-corrected chi connectivity index (χ4v) is 5.09. The predicted octanol–water partition coefficient (Wildman–Crippen LogP) is 6.45. The number of nitrogens with two attached hydrogens (primary N) is 1. The lowest BCUT2D eigenvalue weighted by atomic mass is 9.72. The van der Waals surface area contributed by atoms with Crippen molar-refractivity contribution in [3.63, 3.8) is 0 Å². The molecule has 40 heavy (non-hydrogen) atoms. The summed E-state index contributed by atoms with van der Waals surface area (Å²) in [5, 5.41) is 32.2. The Kier molecular flexibility index (Phi) is 10.8. The van der Waals surface area contributed by atoms with Gasteiger partial charge in [-0.3, -0.25) is 15.9 Å². The quantitative estimate of drug-likeness (QED) is 0.174. The van der Waals surface area contributed by atoms with Crippen LogP contribution in [0.4, 0.5) is 13.2 Å². The molecule has 6 N–H and O–H groups in total. The van der Waals surface area contributed by atoms with Crippen LogP contribution in [0.1, 0.15) is 81.7 Å². The van der Waals surface area contributed by atoms with E-state index in [1.807, 2.05) is 32.0 Å². The number of halogens is 3. The van der Waals surface area contributed by atoms with Crippen molar-refractivity contribution in [3.05, 3.63) is 47.3 Å². The molecule has 0 radical (unpaired) electrons. The van der Waals surface area contributed by atoms with E-state index >= 15 is 0 Å². The smallest absolute Gasteiger partial charge is 0.393 e. The molecule has 2 saturated carbocycles. The van der Waals surface area contributed by atoms with Crippen LogP contribution in [0.15, 0.2) is 30.3 Å². The number of alkyl halides is 3. The summed E-state index contributed by atoms with van der Waals surface area (Å²) in [7, 11) is 1.67. The monoisotopic (exact) mass is 559 g/mol. The van der Waals surface area contributed by atoms with Gasteiger partial charge in [0, 0.05) is 30.5 Å². The van der Waals surface area contributed by atoms with Gasteiger partial charge in [-0.15, -0.1) is 0 Å². The van der Waals surface area contributed by atoms with Gasteiger partial charge in [0.1, 0.15) is 17.2 Å². The van der Waals surface area contributed by atoms with E-state index in [0.717, 1.165) is 50.1 Å². The van der Waals surface area contributed by atoms with Crippen LogP contribution in [-0.2, 0) is 12.7 Å². The number of nitrogens with zero attached hydrogens (tertiary/aromatic N) is 3. The van der Waals surface area contributed by atoms with Crippen molar-refractivity contribution in [2.24, 2.45) is 11.7 Å². The van der Waals surface area contributed by atoms with Crippen LogP contribution in [-0.4, -0.2) is 50.5 Å². The number of H-pyrrole nitrogens is 1. The van der Waals surface area contributed by atoms with Crippen molar-refractivity contribution in [2.75, 3.05) is 7.05 Å². The molecule has 11 heteroatoms. The van der Waals surface area contributed by atoms with Crippen LogP contribution >= 0.6 is 0 Å². The molecule has 0 spiro atoms. The number of amidine groups is 1. The van der Waals surface area contributed by atoms with E-state index in [4.69, 9.17) is 21.7 Å². The molecule has 2 aliphatic rings. The summed E-state index contributed by atoms with van der Waals surface area (Å²) in [5.41, 5.74) is 7.03. The zero-order valence-electron chi connectivity index (χ0n) is 23.4. The number of aliphatic hydroxyl groups excluding tert-OH is 1. The second-order valence-corrected chi connectivity index (χ2v) is 10.0. The lowest BCUT2D eigenvalue weighted by Crippen LogP contribution is -2.36. The van der Waals surface area contributed by atoms with Gasteiger partial charge in [0.05, 0.1) is 23.7 Å². The third kappa shape index (κ3) is 7.06. The first-order valence-corrected chi connectivity index (χ1v) is 13.9. The maximum Gasteiger partial charge on any atom is 0.433 e. The third-order valence-corrected chi connectivity index (χ3v) is 7.45. The minimum Gasteiger partial charge on any atom is -0.393 e. The highest BCUT2D eigenvalue weighted by molar-refractivity contribution is 5.96. The van der Waals surface area contributed by atoms with Gasteiger partial charge in [-0.25, -0.2) is 4.98 Å². The number of pyridine rings is 1. The minimum absolute atomic E-state index is 0.0463. The summed E-state index contributed by atoms with van der Waals surface area (Å²) in [5.74, 6) is 0.413. The average molecular weight is 560 g/mol. The van der Waals surface area contributed by atoms with Crippen molar-refractivity contribution in [1.29, 1.82) is 10.8 Å². The number of likely N-dealkylation sites (N-methyl/N-ethyl adjacent to an activating group) is 1. The second-order valence-electron chi connectivity index (χ2n) is 10.0. The third-order valence-electron chi connectivity index (χ3n) is 7.45. The van der Waals surface area contributed by atoms with Gasteiger partial charge in [-0.1, -0.05) is 51.3 Å². The SMILES string of the molecule is CC.CN(C=N)C(=N)C(c1cccc(-c2n[nH]c3c(CN)nc(C(F)(F)F)cc23)c1)C1CCC1.OC1CCCC1. The van der Waals surface area contributed by atoms with E-state index in [1.54, 1.807) is 13.1 Å². The minimum atomic E-state index is -4.60. The average Bonchev–Trinajstić information content (AvgIpc) is 3.59. The molecule has 0 amide bonds.